The molecule has 28 heavy (non-hydrogen) atoms. The second-order valence-corrected chi connectivity index (χ2v) is 7.50. The number of aliphatic hydroxyl groups is 1. The summed E-state index contributed by atoms with van der Waals surface area (Å²) in [7, 11) is 0. The second kappa shape index (κ2) is 12.9. The molecule has 158 valence electrons. The predicted octanol–water partition coefficient (Wildman–Crippen LogP) is -0.540. The molecule has 0 saturated carbocycles. The molecule has 0 unspecified atom stereocenters. The molecule has 0 aromatic carbocycles. The number of aliphatic carboxylic acids is 1. The molecule has 11 heteroatoms. The van der Waals surface area contributed by atoms with Crippen LogP contribution in [0.3, 0.4) is 0 Å². The molecule has 0 spiro atoms. The highest BCUT2D eigenvalue weighted by atomic mass is 32.2. The summed E-state index contributed by atoms with van der Waals surface area (Å²) in [6.07, 6.45) is 0.216. The summed E-state index contributed by atoms with van der Waals surface area (Å²) in [6.45, 7) is 4.42. The van der Waals surface area contributed by atoms with Crippen molar-refractivity contribution in [2.45, 2.75) is 33.3 Å². The van der Waals surface area contributed by atoms with Crippen LogP contribution < -0.4 is 10.6 Å². The summed E-state index contributed by atoms with van der Waals surface area (Å²) in [5, 5.41) is 23.0. The van der Waals surface area contributed by atoms with Crippen molar-refractivity contribution in [1.29, 1.82) is 0 Å². The van der Waals surface area contributed by atoms with Gasteiger partial charge in [0.05, 0.1) is 6.61 Å². The van der Waals surface area contributed by atoms with E-state index in [0.717, 1.165) is 23.9 Å². The zero-order chi connectivity index (χ0) is 21.7. The molecular formula is C17H26N2O8S. The van der Waals surface area contributed by atoms with Gasteiger partial charge in [0.25, 0.3) is 0 Å². The molecule has 0 rings (SSSR count). The van der Waals surface area contributed by atoms with Crippen molar-refractivity contribution in [1.82, 2.24) is 10.6 Å². The Hall–Kier alpha value is -2.40. The van der Waals surface area contributed by atoms with Crippen molar-refractivity contribution in [3.63, 3.8) is 0 Å². The molecule has 0 aromatic rings. The maximum atomic E-state index is 11.9. The van der Waals surface area contributed by atoms with Crippen LogP contribution in [-0.2, 0) is 28.7 Å². The normalized spacial score (nSPS) is 12.3. The number of hydrogen-bond donors (Lipinski definition) is 4. The van der Waals surface area contributed by atoms with Crippen molar-refractivity contribution in [2.75, 3.05) is 25.4 Å². The third kappa shape index (κ3) is 12.1. The summed E-state index contributed by atoms with van der Waals surface area (Å²) in [6, 6.07) is 0. The topological polar surface area (TPSA) is 159 Å². The fourth-order valence-electron chi connectivity index (χ4n) is 1.74. The molecule has 0 radical (unpaired) electrons. The van der Waals surface area contributed by atoms with Crippen LogP contribution in [0, 0.1) is 5.41 Å². The first-order valence-electron chi connectivity index (χ1n) is 8.39. The van der Waals surface area contributed by atoms with Crippen LogP contribution in [0.25, 0.3) is 0 Å². The van der Waals surface area contributed by atoms with E-state index in [1.807, 2.05) is 0 Å². The fourth-order valence-corrected chi connectivity index (χ4v) is 2.30. The van der Waals surface area contributed by atoms with Gasteiger partial charge in [0.15, 0.2) is 0 Å². The van der Waals surface area contributed by atoms with Crippen LogP contribution in [0.1, 0.15) is 27.2 Å². The fraction of sp³-hybridized carbons (Fsp3) is 0.588. The lowest BCUT2D eigenvalue weighted by atomic mass is 9.87. The first kappa shape index (κ1) is 25.6. The Kier molecular flexibility index (Phi) is 11.8. The minimum Gasteiger partial charge on any atom is -0.478 e. The van der Waals surface area contributed by atoms with E-state index in [9.17, 15) is 29.1 Å². The van der Waals surface area contributed by atoms with Crippen LogP contribution in [0.2, 0.25) is 0 Å². The highest BCUT2D eigenvalue weighted by Crippen LogP contribution is 2.21. The quantitative estimate of drug-likeness (QED) is 0.185. The van der Waals surface area contributed by atoms with Crippen molar-refractivity contribution in [3.8, 4) is 0 Å². The largest absolute Gasteiger partial charge is 0.478 e. The molecule has 0 fully saturated rings. The van der Waals surface area contributed by atoms with Crippen molar-refractivity contribution < 1.29 is 38.9 Å². The van der Waals surface area contributed by atoms with Crippen LogP contribution >= 0.6 is 11.8 Å². The number of carboxylic acids is 1. The molecule has 0 bridgehead atoms. The third-order valence-electron chi connectivity index (χ3n) is 3.32. The van der Waals surface area contributed by atoms with E-state index >= 15 is 0 Å². The Labute approximate surface area is 167 Å². The average molecular weight is 418 g/mol. The summed E-state index contributed by atoms with van der Waals surface area (Å²) < 4.78 is 4.82. The lowest BCUT2D eigenvalue weighted by Crippen LogP contribution is -2.46. The number of carbonyl (C=O) groups excluding carboxylic acids is 4. The monoisotopic (exact) mass is 418 g/mol. The molecule has 0 aliphatic rings. The van der Waals surface area contributed by atoms with Crippen molar-refractivity contribution in [3.05, 3.63) is 12.2 Å². The minimum absolute atomic E-state index is 0.00120. The van der Waals surface area contributed by atoms with Crippen LogP contribution in [-0.4, -0.2) is 70.6 Å². The zero-order valence-electron chi connectivity index (χ0n) is 16.0. The highest BCUT2D eigenvalue weighted by molar-refractivity contribution is 8.14. The molecule has 1 atom stereocenters. The first-order chi connectivity index (χ1) is 13.0. The molecule has 0 heterocycles. The van der Waals surface area contributed by atoms with Gasteiger partial charge >= 0.3 is 11.9 Å². The van der Waals surface area contributed by atoms with Gasteiger partial charge in [0, 0.05) is 43.7 Å². The lowest BCUT2D eigenvalue weighted by molar-refractivity contribution is -0.151. The summed E-state index contributed by atoms with van der Waals surface area (Å²) >= 11 is 0.860. The van der Waals surface area contributed by atoms with Gasteiger partial charge in [-0.1, -0.05) is 25.6 Å². The van der Waals surface area contributed by atoms with Gasteiger partial charge in [-0.3, -0.25) is 19.2 Å². The molecular weight excluding hydrogens is 392 g/mol. The SMILES string of the molecule is CC(=O)OCC(C)(C)[C@@H](O)C(=O)NCCC(=O)NCCSC(=O)/C=C/C(=O)O. The number of esters is 1. The number of ether oxygens (including phenoxy) is 1. The molecule has 4 N–H and O–H groups in total. The number of aliphatic hydroxyl groups excluding tert-OH is 1. The Morgan fingerprint density at radius 2 is 1.75 bits per heavy atom. The minimum atomic E-state index is -1.42. The molecule has 2 amide bonds. The maximum absolute atomic E-state index is 11.9. The first-order valence-corrected chi connectivity index (χ1v) is 9.38. The lowest BCUT2D eigenvalue weighted by Gasteiger charge is -2.28. The van der Waals surface area contributed by atoms with Crippen LogP contribution in [0.15, 0.2) is 12.2 Å². The number of amides is 2. The average Bonchev–Trinajstić information content (AvgIpc) is 2.61. The van der Waals surface area contributed by atoms with Gasteiger partial charge in [-0.15, -0.1) is 0 Å². The zero-order valence-corrected chi connectivity index (χ0v) is 16.8. The van der Waals surface area contributed by atoms with E-state index in [1.54, 1.807) is 13.8 Å². The Balaban J connectivity index is 4.04. The predicted molar refractivity (Wildman–Crippen MR) is 101 cm³/mol. The molecule has 0 saturated heterocycles. The molecule has 0 aliphatic carbocycles. The number of nitrogens with one attached hydrogen (secondary N) is 2. The van der Waals surface area contributed by atoms with Gasteiger partial charge in [0.1, 0.15) is 6.10 Å². The summed E-state index contributed by atoms with van der Waals surface area (Å²) in [4.78, 5) is 56.0. The van der Waals surface area contributed by atoms with E-state index < -0.39 is 34.5 Å². The van der Waals surface area contributed by atoms with E-state index in [-0.39, 0.29) is 37.8 Å². The van der Waals surface area contributed by atoms with Crippen LogP contribution in [0.5, 0.6) is 0 Å². The maximum Gasteiger partial charge on any atom is 0.328 e. The highest BCUT2D eigenvalue weighted by Gasteiger charge is 2.34. The van der Waals surface area contributed by atoms with Gasteiger partial charge in [-0.2, -0.15) is 0 Å². The van der Waals surface area contributed by atoms with Crippen molar-refractivity contribution >= 4 is 40.6 Å². The smallest absolute Gasteiger partial charge is 0.328 e. The van der Waals surface area contributed by atoms with Gasteiger partial charge in [-0.25, -0.2) is 4.79 Å². The Morgan fingerprint density at radius 3 is 2.32 bits per heavy atom. The Morgan fingerprint density at radius 1 is 1.11 bits per heavy atom. The standard InChI is InChI=1S/C17H26N2O8S/c1-11(20)27-10-17(2,3)15(25)16(26)19-7-6-12(21)18-8-9-28-14(24)5-4-13(22)23/h4-5,15,25H,6-10H2,1-3H3,(H,18,21)(H,19,26)(H,22,23)/b5-4+/t15-/m0/s1. The number of hydrogen-bond acceptors (Lipinski definition) is 8. The van der Waals surface area contributed by atoms with Gasteiger partial charge < -0.3 is 25.6 Å². The Bertz CT molecular complexity index is 618. The van der Waals surface area contributed by atoms with E-state index in [1.165, 1.54) is 6.92 Å². The van der Waals surface area contributed by atoms with Gasteiger partial charge in [-0.05, 0) is 6.08 Å². The third-order valence-corrected chi connectivity index (χ3v) is 4.15. The number of rotatable bonds is 12. The van der Waals surface area contributed by atoms with Gasteiger partial charge in [0.2, 0.25) is 16.9 Å². The number of thioether (sulfide) groups is 1. The van der Waals surface area contributed by atoms with E-state index in [4.69, 9.17) is 9.84 Å². The molecule has 0 aromatic heterocycles. The molecule has 0 aliphatic heterocycles. The molecule has 10 nitrogen and oxygen atoms in total. The van der Waals surface area contributed by atoms with E-state index in [0.29, 0.717) is 0 Å². The van der Waals surface area contributed by atoms with Crippen molar-refractivity contribution in [2.24, 2.45) is 5.41 Å². The van der Waals surface area contributed by atoms with Crippen LogP contribution in [0.4, 0.5) is 0 Å². The number of carbonyl (C=O) groups is 5. The second-order valence-electron chi connectivity index (χ2n) is 6.40. The summed E-state index contributed by atoms with van der Waals surface area (Å²) in [5.41, 5.74) is -0.989. The summed E-state index contributed by atoms with van der Waals surface area (Å²) in [5.74, 6) is -2.51. The van der Waals surface area contributed by atoms with E-state index in [2.05, 4.69) is 10.6 Å². The number of carboxylic acid groups (broad SMARTS) is 1.